The Morgan fingerprint density at radius 3 is 2.73 bits per heavy atom. The second-order valence-electron chi connectivity index (χ2n) is 3.66. The summed E-state index contributed by atoms with van der Waals surface area (Å²) in [6.45, 7) is 4.64. The van der Waals surface area contributed by atoms with Crippen LogP contribution >= 0.6 is 15.9 Å². The van der Waals surface area contributed by atoms with Gasteiger partial charge in [0.25, 0.3) is 0 Å². The van der Waals surface area contributed by atoms with Crippen LogP contribution in [0.3, 0.4) is 0 Å². The molecule has 1 heterocycles. The van der Waals surface area contributed by atoms with Crippen molar-refractivity contribution in [1.82, 2.24) is 0 Å². The van der Waals surface area contributed by atoms with E-state index in [1.54, 1.807) is 0 Å². The van der Waals surface area contributed by atoms with Gasteiger partial charge in [-0.05, 0) is 31.0 Å². The zero-order chi connectivity index (χ0) is 11.0. The summed E-state index contributed by atoms with van der Waals surface area (Å²) in [6, 6.07) is 4.16. The van der Waals surface area contributed by atoms with Gasteiger partial charge in [-0.3, -0.25) is 0 Å². The topological polar surface area (TPSA) is 39.2 Å². The van der Waals surface area contributed by atoms with Gasteiger partial charge in [-0.25, -0.2) is 0 Å². The maximum absolute atomic E-state index is 5.78. The molecule has 1 aromatic heterocycles. The van der Waals surface area contributed by atoms with Crippen LogP contribution < -0.4 is 5.73 Å². The molecule has 0 atom stereocenters. The number of benzene rings is 1. The first-order chi connectivity index (χ1) is 7.17. The van der Waals surface area contributed by atoms with Crippen LogP contribution in [0.1, 0.15) is 23.8 Å². The van der Waals surface area contributed by atoms with Crippen LogP contribution in [0.15, 0.2) is 21.0 Å². The van der Waals surface area contributed by atoms with Gasteiger partial charge in [0.15, 0.2) is 0 Å². The van der Waals surface area contributed by atoms with E-state index in [0.717, 1.165) is 27.8 Å². The van der Waals surface area contributed by atoms with E-state index >= 15 is 0 Å². The van der Waals surface area contributed by atoms with Crippen molar-refractivity contribution in [1.29, 1.82) is 0 Å². The van der Waals surface area contributed by atoms with Crippen molar-refractivity contribution >= 4 is 26.9 Å². The summed E-state index contributed by atoms with van der Waals surface area (Å²) in [7, 11) is 0. The normalized spacial score (nSPS) is 11.2. The number of furan rings is 1. The first-order valence-electron chi connectivity index (χ1n) is 5.07. The molecule has 80 valence electrons. The third-order valence-corrected chi connectivity index (χ3v) is 3.12. The third-order valence-electron chi connectivity index (χ3n) is 2.67. The summed E-state index contributed by atoms with van der Waals surface area (Å²) < 4.78 is 6.87. The molecule has 0 saturated carbocycles. The number of nitrogens with two attached hydrogens (primary N) is 1. The van der Waals surface area contributed by atoms with E-state index in [9.17, 15) is 0 Å². The molecule has 0 amide bonds. The lowest BCUT2D eigenvalue weighted by atomic mass is 10.1. The summed E-state index contributed by atoms with van der Waals surface area (Å²) >= 11 is 3.50. The molecule has 0 aliphatic carbocycles. The van der Waals surface area contributed by atoms with E-state index in [1.165, 1.54) is 10.9 Å². The van der Waals surface area contributed by atoms with E-state index < -0.39 is 0 Å². The second-order valence-corrected chi connectivity index (χ2v) is 4.58. The summed E-state index contributed by atoms with van der Waals surface area (Å²) in [6.07, 6.45) is 0.954. The highest BCUT2D eigenvalue weighted by Gasteiger charge is 2.13. The van der Waals surface area contributed by atoms with E-state index in [-0.39, 0.29) is 0 Å². The molecule has 2 aromatic rings. The number of halogens is 1. The SMILES string of the molecule is CCc1c(CN)oc2c(C)cc(Br)cc12. The van der Waals surface area contributed by atoms with Gasteiger partial charge in [0.05, 0.1) is 6.54 Å². The number of aryl methyl sites for hydroxylation is 2. The Morgan fingerprint density at radius 2 is 2.13 bits per heavy atom. The summed E-state index contributed by atoms with van der Waals surface area (Å²) in [5.41, 5.74) is 9.02. The molecule has 0 spiro atoms. The lowest BCUT2D eigenvalue weighted by Crippen LogP contribution is -1.97. The van der Waals surface area contributed by atoms with Gasteiger partial charge in [-0.1, -0.05) is 22.9 Å². The molecule has 0 aliphatic heterocycles. The van der Waals surface area contributed by atoms with Crippen LogP contribution in [-0.4, -0.2) is 0 Å². The average Bonchev–Trinajstić information content (AvgIpc) is 2.55. The molecule has 0 fully saturated rings. The largest absolute Gasteiger partial charge is 0.459 e. The maximum Gasteiger partial charge on any atom is 0.137 e. The van der Waals surface area contributed by atoms with Crippen molar-refractivity contribution < 1.29 is 4.42 Å². The van der Waals surface area contributed by atoms with E-state index in [4.69, 9.17) is 10.2 Å². The fourth-order valence-electron chi connectivity index (χ4n) is 1.98. The third kappa shape index (κ3) is 1.70. The Morgan fingerprint density at radius 1 is 1.40 bits per heavy atom. The van der Waals surface area contributed by atoms with Crippen LogP contribution in [0.4, 0.5) is 0 Å². The molecule has 1 aromatic carbocycles. The molecule has 2 rings (SSSR count). The van der Waals surface area contributed by atoms with Crippen molar-refractivity contribution in [2.45, 2.75) is 26.8 Å². The summed E-state index contributed by atoms with van der Waals surface area (Å²) in [5.74, 6) is 0.911. The zero-order valence-electron chi connectivity index (χ0n) is 8.93. The second kappa shape index (κ2) is 3.99. The van der Waals surface area contributed by atoms with Gasteiger partial charge in [0, 0.05) is 15.4 Å². The molecular formula is C12H14BrNO. The quantitative estimate of drug-likeness (QED) is 0.905. The molecule has 2 N–H and O–H groups in total. The number of hydrogen-bond acceptors (Lipinski definition) is 2. The summed E-state index contributed by atoms with van der Waals surface area (Å²) in [5, 5.41) is 1.19. The van der Waals surface area contributed by atoms with Crippen molar-refractivity contribution in [2.24, 2.45) is 5.73 Å². The minimum atomic E-state index is 0.467. The first kappa shape index (κ1) is 10.7. The highest BCUT2D eigenvalue weighted by Crippen LogP contribution is 2.31. The molecule has 0 aliphatic rings. The number of fused-ring (bicyclic) bond motifs is 1. The monoisotopic (exact) mass is 267 g/mol. The fraction of sp³-hybridized carbons (Fsp3) is 0.333. The highest BCUT2D eigenvalue weighted by molar-refractivity contribution is 9.10. The van der Waals surface area contributed by atoms with Crippen molar-refractivity contribution in [3.8, 4) is 0 Å². The Kier molecular flexibility index (Phi) is 2.85. The molecule has 0 unspecified atom stereocenters. The van der Waals surface area contributed by atoms with E-state index in [1.807, 2.05) is 0 Å². The minimum Gasteiger partial charge on any atom is -0.459 e. The molecule has 0 radical (unpaired) electrons. The fourth-order valence-corrected chi connectivity index (χ4v) is 2.55. The van der Waals surface area contributed by atoms with Gasteiger partial charge < -0.3 is 10.2 Å². The molecule has 0 saturated heterocycles. The van der Waals surface area contributed by atoms with Gasteiger partial charge in [-0.15, -0.1) is 0 Å². The maximum atomic E-state index is 5.78. The lowest BCUT2D eigenvalue weighted by Gasteiger charge is -1.97. The van der Waals surface area contributed by atoms with Crippen molar-refractivity contribution in [3.63, 3.8) is 0 Å². The van der Waals surface area contributed by atoms with E-state index in [2.05, 4.69) is 41.9 Å². The minimum absolute atomic E-state index is 0.467. The van der Waals surface area contributed by atoms with Crippen molar-refractivity contribution in [3.05, 3.63) is 33.5 Å². The lowest BCUT2D eigenvalue weighted by molar-refractivity contribution is 0.544. The molecular weight excluding hydrogens is 254 g/mol. The van der Waals surface area contributed by atoms with Crippen molar-refractivity contribution in [2.75, 3.05) is 0 Å². The van der Waals surface area contributed by atoms with Crippen LogP contribution in [0.2, 0.25) is 0 Å². The van der Waals surface area contributed by atoms with Gasteiger partial charge in [0.1, 0.15) is 11.3 Å². The highest BCUT2D eigenvalue weighted by atomic mass is 79.9. The van der Waals surface area contributed by atoms with Gasteiger partial charge >= 0.3 is 0 Å². The number of rotatable bonds is 2. The molecule has 3 heteroatoms. The average molecular weight is 268 g/mol. The Hall–Kier alpha value is -0.800. The molecule has 2 nitrogen and oxygen atoms in total. The van der Waals surface area contributed by atoms with Crippen LogP contribution in [0.25, 0.3) is 11.0 Å². The molecule has 15 heavy (non-hydrogen) atoms. The zero-order valence-corrected chi connectivity index (χ0v) is 10.5. The smallest absolute Gasteiger partial charge is 0.137 e. The Balaban J connectivity index is 2.82. The predicted octanol–water partition coefficient (Wildman–Crippen LogP) is 3.52. The first-order valence-corrected chi connectivity index (χ1v) is 5.87. The van der Waals surface area contributed by atoms with Gasteiger partial charge in [-0.2, -0.15) is 0 Å². The molecule has 0 bridgehead atoms. The van der Waals surface area contributed by atoms with E-state index in [0.29, 0.717) is 6.54 Å². The predicted molar refractivity (Wildman–Crippen MR) is 65.9 cm³/mol. The standard InChI is InChI=1S/C12H14BrNO/c1-3-9-10-5-8(13)4-7(2)12(10)15-11(9)6-14/h4-5H,3,6,14H2,1-2H3. The van der Waals surface area contributed by atoms with Crippen LogP contribution in [0, 0.1) is 6.92 Å². The Bertz CT molecular complexity index is 502. The Labute approximate surface area is 97.6 Å². The summed E-state index contributed by atoms with van der Waals surface area (Å²) in [4.78, 5) is 0. The van der Waals surface area contributed by atoms with Crippen LogP contribution in [0.5, 0.6) is 0 Å². The number of hydrogen-bond donors (Lipinski definition) is 1. The van der Waals surface area contributed by atoms with Gasteiger partial charge in [0.2, 0.25) is 0 Å². The van der Waals surface area contributed by atoms with Crippen LogP contribution in [-0.2, 0) is 13.0 Å².